The largest absolute Gasteiger partial charge is 0.337 e. The number of hydrogen-bond acceptors (Lipinski definition) is 5. The monoisotopic (exact) mass is 337 g/mol. The second kappa shape index (κ2) is 6.88. The van der Waals surface area contributed by atoms with Crippen molar-refractivity contribution in [3.05, 3.63) is 54.7 Å². The van der Waals surface area contributed by atoms with Crippen molar-refractivity contribution >= 4 is 5.91 Å². The summed E-state index contributed by atoms with van der Waals surface area (Å²) in [5.41, 5.74) is 0.909. The first-order valence-electron chi connectivity index (χ1n) is 8.47. The van der Waals surface area contributed by atoms with Crippen molar-refractivity contribution in [2.24, 2.45) is 0 Å². The first kappa shape index (κ1) is 15.6. The molecule has 4 rings (SSSR count). The Morgan fingerprint density at radius 1 is 1.24 bits per heavy atom. The van der Waals surface area contributed by atoms with Gasteiger partial charge in [0, 0.05) is 37.5 Å². The van der Waals surface area contributed by atoms with Gasteiger partial charge in [-0.2, -0.15) is 10.1 Å². The van der Waals surface area contributed by atoms with Crippen LogP contribution in [0, 0.1) is 0 Å². The van der Waals surface area contributed by atoms with E-state index in [0.717, 1.165) is 24.9 Å². The highest BCUT2D eigenvalue weighted by molar-refractivity contribution is 5.76. The molecule has 0 N–H and O–H groups in total. The molecule has 0 radical (unpaired) electrons. The number of carbonyl (C=O) groups is 1. The van der Waals surface area contributed by atoms with E-state index in [-0.39, 0.29) is 11.9 Å². The van der Waals surface area contributed by atoms with Gasteiger partial charge < -0.3 is 9.42 Å². The number of aryl methyl sites for hydroxylation is 1. The van der Waals surface area contributed by atoms with Crippen LogP contribution in [0.3, 0.4) is 0 Å². The van der Waals surface area contributed by atoms with Crippen molar-refractivity contribution in [3.63, 3.8) is 0 Å². The number of nitrogens with zero attached hydrogens (tertiary/aromatic N) is 5. The standard InChI is InChI=1S/C18H19N5O2/c24-16(9-13-22-11-5-10-19-22)23-12-4-8-15(23)18-20-17(21-25-18)14-6-2-1-3-7-14/h1-3,5-7,10-11,15H,4,8-9,12-13H2. The van der Waals surface area contributed by atoms with E-state index in [9.17, 15) is 4.79 Å². The third-order valence-corrected chi connectivity index (χ3v) is 4.45. The molecule has 3 heterocycles. The minimum Gasteiger partial charge on any atom is -0.337 e. The van der Waals surface area contributed by atoms with Gasteiger partial charge in [-0.15, -0.1) is 0 Å². The maximum atomic E-state index is 12.6. The van der Waals surface area contributed by atoms with E-state index in [1.54, 1.807) is 10.9 Å². The predicted molar refractivity (Wildman–Crippen MR) is 90.3 cm³/mol. The molecule has 1 saturated heterocycles. The minimum absolute atomic E-state index is 0.0949. The van der Waals surface area contributed by atoms with Crippen molar-refractivity contribution in [1.29, 1.82) is 0 Å². The molecule has 1 aliphatic rings. The maximum absolute atomic E-state index is 12.6. The van der Waals surface area contributed by atoms with Gasteiger partial charge in [-0.25, -0.2) is 0 Å². The van der Waals surface area contributed by atoms with Crippen molar-refractivity contribution in [2.75, 3.05) is 6.54 Å². The van der Waals surface area contributed by atoms with Crippen LogP contribution in [0.5, 0.6) is 0 Å². The minimum atomic E-state index is -0.130. The lowest BCUT2D eigenvalue weighted by atomic mass is 10.2. The lowest BCUT2D eigenvalue weighted by molar-refractivity contribution is -0.132. The fraction of sp³-hybridized carbons (Fsp3) is 0.333. The molecule has 0 spiro atoms. The zero-order valence-corrected chi connectivity index (χ0v) is 13.8. The second-order valence-electron chi connectivity index (χ2n) is 6.09. The maximum Gasteiger partial charge on any atom is 0.249 e. The zero-order chi connectivity index (χ0) is 17.1. The summed E-state index contributed by atoms with van der Waals surface area (Å²) in [5.74, 6) is 1.17. The first-order valence-corrected chi connectivity index (χ1v) is 8.47. The molecule has 0 bridgehead atoms. The van der Waals surface area contributed by atoms with Gasteiger partial charge in [-0.3, -0.25) is 9.48 Å². The third-order valence-electron chi connectivity index (χ3n) is 4.45. The Labute approximate surface area is 145 Å². The molecule has 1 fully saturated rings. The van der Waals surface area contributed by atoms with Gasteiger partial charge in [-0.1, -0.05) is 35.5 Å². The van der Waals surface area contributed by atoms with E-state index < -0.39 is 0 Å². The normalized spacial score (nSPS) is 17.1. The first-order chi connectivity index (χ1) is 12.3. The van der Waals surface area contributed by atoms with Gasteiger partial charge in [0.1, 0.15) is 6.04 Å². The molecule has 7 nitrogen and oxygen atoms in total. The van der Waals surface area contributed by atoms with Crippen LogP contribution in [0.2, 0.25) is 0 Å². The molecule has 3 aromatic rings. The van der Waals surface area contributed by atoms with Crippen LogP contribution in [-0.4, -0.2) is 37.3 Å². The summed E-state index contributed by atoms with van der Waals surface area (Å²) in [4.78, 5) is 19.0. The number of rotatable bonds is 5. The summed E-state index contributed by atoms with van der Waals surface area (Å²) in [5, 5.41) is 8.21. The molecule has 1 aromatic carbocycles. The van der Waals surface area contributed by atoms with E-state index in [1.807, 2.05) is 47.5 Å². The molecular formula is C18H19N5O2. The van der Waals surface area contributed by atoms with Gasteiger partial charge in [0.15, 0.2) is 0 Å². The Kier molecular flexibility index (Phi) is 4.28. The number of hydrogen-bond donors (Lipinski definition) is 0. The van der Waals surface area contributed by atoms with Crippen molar-refractivity contribution in [3.8, 4) is 11.4 Å². The van der Waals surface area contributed by atoms with Gasteiger partial charge in [0.05, 0.1) is 0 Å². The van der Waals surface area contributed by atoms with E-state index in [4.69, 9.17) is 4.52 Å². The Hall–Kier alpha value is -2.96. The molecule has 1 amide bonds. The topological polar surface area (TPSA) is 77.1 Å². The van der Waals surface area contributed by atoms with Crippen LogP contribution in [0.15, 0.2) is 53.3 Å². The Bertz CT molecular complexity index is 828. The average Bonchev–Trinajstić information content (AvgIpc) is 3.41. The summed E-state index contributed by atoms with van der Waals surface area (Å²) in [7, 11) is 0. The van der Waals surface area contributed by atoms with Crippen LogP contribution >= 0.6 is 0 Å². The summed E-state index contributed by atoms with van der Waals surface area (Å²) >= 11 is 0. The average molecular weight is 337 g/mol. The van der Waals surface area contributed by atoms with Gasteiger partial charge >= 0.3 is 0 Å². The Balaban J connectivity index is 1.46. The summed E-state index contributed by atoms with van der Waals surface area (Å²) < 4.78 is 7.23. The van der Waals surface area contributed by atoms with E-state index in [1.165, 1.54) is 0 Å². The summed E-state index contributed by atoms with van der Waals surface area (Å²) in [6.07, 6.45) is 5.79. The Morgan fingerprint density at radius 3 is 2.92 bits per heavy atom. The number of aromatic nitrogens is 4. The molecule has 0 saturated carbocycles. The lowest BCUT2D eigenvalue weighted by Crippen LogP contribution is -2.31. The SMILES string of the molecule is O=C(CCn1cccn1)N1CCCC1c1nc(-c2ccccc2)no1. The number of benzene rings is 1. The molecule has 2 aromatic heterocycles. The number of carbonyl (C=O) groups excluding carboxylic acids is 1. The summed E-state index contributed by atoms with van der Waals surface area (Å²) in [6.45, 7) is 1.31. The van der Waals surface area contributed by atoms with Gasteiger partial charge in [-0.05, 0) is 18.9 Å². The van der Waals surface area contributed by atoms with Crippen LogP contribution in [-0.2, 0) is 11.3 Å². The van der Waals surface area contributed by atoms with Crippen LogP contribution < -0.4 is 0 Å². The molecule has 1 aliphatic heterocycles. The van der Waals surface area contributed by atoms with Crippen LogP contribution in [0.1, 0.15) is 31.2 Å². The van der Waals surface area contributed by atoms with Crippen molar-refractivity contribution in [1.82, 2.24) is 24.8 Å². The highest BCUT2D eigenvalue weighted by atomic mass is 16.5. The predicted octanol–water partition coefficient (Wildman–Crippen LogP) is 2.69. The smallest absolute Gasteiger partial charge is 0.249 e. The molecule has 7 heteroatoms. The zero-order valence-electron chi connectivity index (χ0n) is 13.8. The fourth-order valence-corrected chi connectivity index (χ4v) is 3.18. The molecular weight excluding hydrogens is 318 g/mol. The third kappa shape index (κ3) is 3.31. The Morgan fingerprint density at radius 2 is 2.12 bits per heavy atom. The number of amides is 1. The molecule has 1 unspecified atom stereocenters. The highest BCUT2D eigenvalue weighted by Crippen LogP contribution is 2.32. The lowest BCUT2D eigenvalue weighted by Gasteiger charge is -2.21. The van der Waals surface area contributed by atoms with Crippen LogP contribution in [0.4, 0.5) is 0 Å². The van der Waals surface area contributed by atoms with Crippen molar-refractivity contribution in [2.45, 2.75) is 31.8 Å². The van der Waals surface area contributed by atoms with Gasteiger partial charge in [0.25, 0.3) is 0 Å². The van der Waals surface area contributed by atoms with Gasteiger partial charge in [0.2, 0.25) is 17.6 Å². The molecule has 25 heavy (non-hydrogen) atoms. The van der Waals surface area contributed by atoms with E-state index in [0.29, 0.717) is 24.7 Å². The van der Waals surface area contributed by atoms with Crippen LogP contribution in [0.25, 0.3) is 11.4 Å². The van der Waals surface area contributed by atoms with Crippen molar-refractivity contribution < 1.29 is 9.32 Å². The highest BCUT2D eigenvalue weighted by Gasteiger charge is 2.33. The second-order valence-corrected chi connectivity index (χ2v) is 6.09. The van der Waals surface area contributed by atoms with E-state index in [2.05, 4.69) is 15.2 Å². The number of likely N-dealkylation sites (tertiary alicyclic amines) is 1. The van der Waals surface area contributed by atoms with E-state index >= 15 is 0 Å². The molecule has 128 valence electrons. The molecule has 1 atom stereocenters. The molecule has 0 aliphatic carbocycles. The fourth-order valence-electron chi connectivity index (χ4n) is 3.18. The summed E-state index contributed by atoms with van der Waals surface area (Å²) in [6, 6.07) is 11.4. The quantitative estimate of drug-likeness (QED) is 0.715.